The van der Waals surface area contributed by atoms with Crippen LogP contribution in [-0.4, -0.2) is 28.4 Å². The number of carbonyl (C=O) groups is 2. The third-order valence-electron chi connectivity index (χ3n) is 4.24. The summed E-state index contributed by atoms with van der Waals surface area (Å²) in [5.41, 5.74) is 2.12. The number of benzene rings is 1. The maximum absolute atomic E-state index is 12.3. The first kappa shape index (κ1) is 15.5. The molecule has 2 rings (SSSR count). The molecule has 21 heavy (non-hydrogen) atoms. The fourth-order valence-electron chi connectivity index (χ4n) is 3.25. The van der Waals surface area contributed by atoms with Gasteiger partial charge in [0.05, 0.1) is 12.0 Å². The molecule has 1 fully saturated rings. The Morgan fingerprint density at radius 2 is 2.05 bits per heavy atom. The Balaban J connectivity index is 2.48. The van der Waals surface area contributed by atoms with Gasteiger partial charge in [-0.1, -0.05) is 38.1 Å². The lowest BCUT2D eigenvalue weighted by atomic mass is 9.82. The molecule has 0 aliphatic carbocycles. The van der Waals surface area contributed by atoms with Crippen LogP contribution in [0.3, 0.4) is 0 Å². The van der Waals surface area contributed by atoms with Gasteiger partial charge in [0.25, 0.3) is 0 Å². The number of amides is 1. The van der Waals surface area contributed by atoms with Gasteiger partial charge in [0.2, 0.25) is 5.91 Å². The summed E-state index contributed by atoms with van der Waals surface area (Å²) >= 11 is 0. The zero-order chi connectivity index (χ0) is 15.4. The Labute approximate surface area is 125 Å². The van der Waals surface area contributed by atoms with E-state index in [1.165, 1.54) is 0 Å². The van der Waals surface area contributed by atoms with E-state index in [0.29, 0.717) is 19.4 Å². The van der Waals surface area contributed by atoms with Gasteiger partial charge in [0.15, 0.2) is 0 Å². The van der Waals surface area contributed by atoms with E-state index < -0.39 is 11.9 Å². The van der Waals surface area contributed by atoms with Crippen molar-refractivity contribution in [1.29, 1.82) is 0 Å². The highest BCUT2D eigenvalue weighted by Gasteiger charge is 2.40. The van der Waals surface area contributed by atoms with Crippen LogP contribution in [0.5, 0.6) is 0 Å². The summed E-state index contributed by atoms with van der Waals surface area (Å²) in [7, 11) is 0. The average molecular weight is 289 g/mol. The molecule has 1 amide bonds. The highest BCUT2D eigenvalue weighted by atomic mass is 16.4. The second-order valence-electron chi connectivity index (χ2n) is 5.57. The van der Waals surface area contributed by atoms with E-state index in [4.69, 9.17) is 0 Å². The summed E-state index contributed by atoms with van der Waals surface area (Å²) in [4.78, 5) is 25.7. The number of rotatable bonds is 5. The standard InChI is InChI=1S/C17H23NO3/c1-3-11-18-15(19)10-9-14(17(20)21)16(18)13-8-6-5-7-12(13)4-2/h5-8,14,16H,3-4,9-11H2,1-2H3,(H,20,21). The van der Waals surface area contributed by atoms with Crippen LogP contribution < -0.4 is 0 Å². The maximum atomic E-state index is 12.3. The van der Waals surface area contributed by atoms with Crippen molar-refractivity contribution in [2.75, 3.05) is 6.54 Å². The Bertz CT molecular complexity index is 527. The quantitative estimate of drug-likeness (QED) is 0.906. The predicted molar refractivity (Wildman–Crippen MR) is 80.9 cm³/mol. The number of carbonyl (C=O) groups excluding carboxylic acids is 1. The molecule has 0 radical (unpaired) electrons. The third kappa shape index (κ3) is 3.09. The van der Waals surface area contributed by atoms with Gasteiger partial charge in [0, 0.05) is 13.0 Å². The van der Waals surface area contributed by atoms with Crippen LogP contribution in [0.1, 0.15) is 50.3 Å². The first-order valence-electron chi connectivity index (χ1n) is 7.70. The summed E-state index contributed by atoms with van der Waals surface area (Å²) in [6, 6.07) is 7.56. The number of hydrogen-bond acceptors (Lipinski definition) is 2. The number of carboxylic acids is 1. The summed E-state index contributed by atoms with van der Waals surface area (Å²) < 4.78 is 0. The van der Waals surface area contributed by atoms with E-state index in [0.717, 1.165) is 24.0 Å². The molecule has 0 spiro atoms. The molecular formula is C17H23NO3. The summed E-state index contributed by atoms with van der Waals surface area (Å²) in [5.74, 6) is -1.24. The van der Waals surface area contributed by atoms with Gasteiger partial charge >= 0.3 is 5.97 Å². The number of likely N-dealkylation sites (tertiary alicyclic amines) is 1. The van der Waals surface area contributed by atoms with Gasteiger partial charge < -0.3 is 10.0 Å². The molecule has 4 heteroatoms. The smallest absolute Gasteiger partial charge is 0.308 e. The van der Waals surface area contributed by atoms with Crippen molar-refractivity contribution < 1.29 is 14.7 Å². The first-order valence-corrected chi connectivity index (χ1v) is 7.70. The van der Waals surface area contributed by atoms with Gasteiger partial charge in [0.1, 0.15) is 0 Å². The Kier molecular flexibility index (Phi) is 4.99. The number of aliphatic carboxylic acids is 1. The lowest BCUT2D eigenvalue weighted by molar-refractivity contribution is -0.152. The van der Waals surface area contributed by atoms with Crippen LogP contribution in [0.15, 0.2) is 24.3 Å². The molecule has 1 aliphatic heterocycles. The number of piperidine rings is 1. The normalized spacial score (nSPS) is 22.4. The monoisotopic (exact) mass is 289 g/mol. The molecule has 1 aromatic rings. The minimum atomic E-state index is -0.806. The van der Waals surface area contributed by atoms with Crippen molar-refractivity contribution in [2.24, 2.45) is 5.92 Å². The van der Waals surface area contributed by atoms with Gasteiger partial charge in [-0.2, -0.15) is 0 Å². The van der Waals surface area contributed by atoms with Crippen LogP contribution in [0.25, 0.3) is 0 Å². The van der Waals surface area contributed by atoms with E-state index in [1.54, 1.807) is 4.90 Å². The van der Waals surface area contributed by atoms with Crippen LogP contribution in [-0.2, 0) is 16.0 Å². The predicted octanol–water partition coefficient (Wildman–Crippen LogP) is 3.02. The Morgan fingerprint density at radius 1 is 1.33 bits per heavy atom. The molecule has 2 unspecified atom stereocenters. The molecular weight excluding hydrogens is 266 g/mol. The summed E-state index contributed by atoms with van der Waals surface area (Å²) in [5, 5.41) is 9.57. The molecule has 1 heterocycles. The van der Waals surface area contributed by atoms with Gasteiger partial charge in [-0.25, -0.2) is 0 Å². The van der Waals surface area contributed by atoms with Gasteiger partial charge in [-0.3, -0.25) is 9.59 Å². The number of nitrogens with zero attached hydrogens (tertiary/aromatic N) is 1. The first-order chi connectivity index (χ1) is 10.1. The topological polar surface area (TPSA) is 57.6 Å². The van der Waals surface area contributed by atoms with E-state index >= 15 is 0 Å². The van der Waals surface area contributed by atoms with Crippen molar-refractivity contribution >= 4 is 11.9 Å². The van der Waals surface area contributed by atoms with E-state index in [1.807, 2.05) is 31.2 Å². The SMILES string of the molecule is CCCN1C(=O)CCC(C(=O)O)C1c1ccccc1CC. The summed E-state index contributed by atoms with van der Waals surface area (Å²) in [6.45, 7) is 4.69. The molecule has 0 aromatic heterocycles. The number of hydrogen-bond donors (Lipinski definition) is 1. The van der Waals surface area contributed by atoms with E-state index in [2.05, 4.69) is 6.92 Å². The maximum Gasteiger partial charge on any atom is 0.308 e. The van der Waals surface area contributed by atoms with E-state index in [-0.39, 0.29) is 11.9 Å². The van der Waals surface area contributed by atoms with Gasteiger partial charge in [-0.05, 0) is 30.4 Å². The minimum absolute atomic E-state index is 0.0743. The minimum Gasteiger partial charge on any atom is -0.481 e. The third-order valence-corrected chi connectivity index (χ3v) is 4.24. The van der Waals surface area contributed by atoms with Crippen LogP contribution in [0, 0.1) is 5.92 Å². The highest BCUT2D eigenvalue weighted by Crippen LogP contribution is 2.38. The molecule has 2 atom stereocenters. The van der Waals surface area contributed by atoms with Gasteiger partial charge in [-0.15, -0.1) is 0 Å². The molecule has 1 saturated heterocycles. The second-order valence-corrected chi connectivity index (χ2v) is 5.57. The Hall–Kier alpha value is -1.84. The number of carboxylic acid groups (broad SMARTS) is 1. The molecule has 1 aliphatic rings. The van der Waals surface area contributed by atoms with Crippen molar-refractivity contribution in [3.05, 3.63) is 35.4 Å². The van der Waals surface area contributed by atoms with Crippen molar-refractivity contribution in [2.45, 2.75) is 45.6 Å². The zero-order valence-electron chi connectivity index (χ0n) is 12.7. The molecule has 1 aromatic carbocycles. The van der Waals surface area contributed by atoms with Crippen LogP contribution in [0.4, 0.5) is 0 Å². The second kappa shape index (κ2) is 6.74. The fraction of sp³-hybridized carbons (Fsp3) is 0.529. The fourth-order valence-corrected chi connectivity index (χ4v) is 3.25. The largest absolute Gasteiger partial charge is 0.481 e. The zero-order valence-corrected chi connectivity index (χ0v) is 12.7. The van der Waals surface area contributed by atoms with Crippen molar-refractivity contribution in [3.8, 4) is 0 Å². The molecule has 114 valence electrons. The average Bonchev–Trinajstić information content (AvgIpc) is 2.49. The molecule has 0 bridgehead atoms. The molecule has 1 N–H and O–H groups in total. The molecule has 4 nitrogen and oxygen atoms in total. The van der Waals surface area contributed by atoms with Crippen LogP contribution >= 0.6 is 0 Å². The highest BCUT2D eigenvalue weighted by molar-refractivity contribution is 5.82. The summed E-state index contributed by atoms with van der Waals surface area (Å²) in [6.07, 6.45) is 2.44. The molecule has 0 saturated carbocycles. The lowest BCUT2D eigenvalue weighted by Gasteiger charge is -2.40. The van der Waals surface area contributed by atoms with Crippen molar-refractivity contribution in [1.82, 2.24) is 4.90 Å². The lowest BCUT2D eigenvalue weighted by Crippen LogP contribution is -2.45. The van der Waals surface area contributed by atoms with Crippen molar-refractivity contribution in [3.63, 3.8) is 0 Å². The number of aryl methyl sites for hydroxylation is 1. The Morgan fingerprint density at radius 3 is 2.67 bits per heavy atom. The van der Waals surface area contributed by atoms with Crippen LogP contribution in [0.2, 0.25) is 0 Å². The van der Waals surface area contributed by atoms with E-state index in [9.17, 15) is 14.7 Å².